The topological polar surface area (TPSA) is 83.3 Å². The number of benzene rings is 3. The van der Waals surface area contributed by atoms with Gasteiger partial charge in [0.05, 0.1) is 10.5 Å². The molecule has 5 rings (SSSR count). The predicted molar refractivity (Wildman–Crippen MR) is 146 cm³/mol. The summed E-state index contributed by atoms with van der Waals surface area (Å²) in [5, 5.41) is 20.7. The number of hydrogen-bond donors (Lipinski definition) is 0. The Morgan fingerprint density at radius 3 is 2.76 bits per heavy atom. The van der Waals surface area contributed by atoms with Crippen molar-refractivity contribution in [2.75, 3.05) is 6.54 Å². The molecule has 0 saturated heterocycles. The minimum Gasteiger partial charge on any atom is -0.550 e. The van der Waals surface area contributed by atoms with E-state index in [9.17, 15) is 9.90 Å². The minimum atomic E-state index is -1.13. The lowest BCUT2D eigenvalue weighted by atomic mass is 9.86. The molecule has 0 radical (unpaired) electrons. The van der Waals surface area contributed by atoms with Crippen molar-refractivity contribution in [3.05, 3.63) is 87.4 Å². The highest BCUT2D eigenvalue weighted by Gasteiger charge is 2.24. The maximum absolute atomic E-state index is 11.9. The lowest BCUT2D eigenvalue weighted by molar-refractivity contribution is -0.305. The molecule has 0 N–H and O–H groups in total. The fraction of sp³-hybridized carbons (Fsp3) is 0.367. The summed E-state index contributed by atoms with van der Waals surface area (Å²) in [6.07, 6.45) is 0.842. The van der Waals surface area contributed by atoms with Gasteiger partial charge in [-0.05, 0) is 61.1 Å². The number of carboxylic acid groups (broad SMARTS) is 1. The molecule has 1 aromatic heterocycles. The highest BCUT2D eigenvalue weighted by Crippen LogP contribution is 2.37. The molecule has 1 aliphatic heterocycles. The molecule has 0 fully saturated rings. The van der Waals surface area contributed by atoms with Gasteiger partial charge in [-0.15, -0.1) is 5.10 Å². The zero-order valence-electron chi connectivity index (χ0n) is 22.0. The molecule has 198 valence electrons. The monoisotopic (exact) mass is 531 g/mol. The number of aryl methyl sites for hydroxylation is 2. The molecule has 0 amide bonds. The van der Waals surface area contributed by atoms with Crippen LogP contribution in [-0.4, -0.2) is 38.5 Å². The largest absolute Gasteiger partial charge is 0.550 e. The Morgan fingerprint density at radius 1 is 1.18 bits per heavy atom. The van der Waals surface area contributed by atoms with Crippen LogP contribution in [0, 0.1) is 6.92 Å². The normalized spacial score (nSPS) is 16.6. The van der Waals surface area contributed by atoms with Gasteiger partial charge in [-0.1, -0.05) is 66.2 Å². The van der Waals surface area contributed by atoms with Gasteiger partial charge in [0.1, 0.15) is 17.4 Å². The van der Waals surface area contributed by atoms with Crippen molar-refractivity contribution in [2.45, 2.75) is 65.3 Å². The second kappa shape index (κ2) is 11.1. The SMILES string of the molecule is CC[C@@H]1CN(Cc2cc([C@H](CC(=O)[O-])c3ccc4c(nnn4CC)c3Cl)ccc2C)Cc2ccccc2O1. The number of aromatic nitrogens is 3. The van der Waals surface area contributed by atoms with Crippen LogP contribution in [0.3, 0.4) is 0 Å². The molecule has 1 aliphatic rings. The third-order valence-electron chi connectivity index (χ3n) is 7.45. The van der Waals surface area contributed by atoms with Crippen molar-refractivity contribution in [3.8, 4) is 5.75 Å². The summed E-state index contributed by atoms with van der Waals surface area (Å²) in [6, 6.07) is 18.2. The van der Waals surface area contributed by atoms with E-state index in [1.807, 2.05) is 43.3 Å². The molecule has 2 heterocycles. The third kappa shape index (κ3) is 5.26. The Bertz CT molecular complexity index is 1470. The number of para-hydroxylation sites is 1. The lowest BCUT2D eigenvalue weighted by Gasteiger charge is -2.26. The summed E-state index contributed by atoms with van der Waals surface area (Å²) < 4.78 is 8.06. The van der Waals surface area contributed by atoms with Crippen LogP contribution in [0.2, 0.25) is 5.02 Å². The van der Waals surface area contributed by atoms with Gasteiger partial charge in [-0.2, -0.15) is 0 Å². The predicted octanol–water partition coefficient (Wildman–Crippen LogP) is 4.86. The van der Waals surface area contributed by atoms with Gasteiger partial charge in [0, 0.05) is 43.6 Å². The third-order valence-corrected chi connectivity index (χ3v) is 7.85. The van der Waals surface area contributed by atoms with Gasteiger partial charge in [0.2, 0.25) is 0 Å². The summed E-state index contributed by atoms with van der Waals surface area (Å²) in [7, 11) is 0. The summed E-state index contributed by atoms with van der Waals surface area (Å²) in [5.74, 6) is -0.649. The maximum Gasteiger partial charge on any atom is 0.132 e. The Balaban J connectivity index is 1.50. The van der Waals surface area contributed by atoms with Crippen LogP contribution in [0.15, 0.2) is 54.6 Å². The lowest BCUT2D eigenvalue weighted by Crippen LogP contribution is -2.32. The molecule has 7 nitrogen and oxygen atoms in total. The number of ether oxygens (including phenoxy) is 1. The van der Waals surface area contributed by atoms with Crippen molar-refractivity contribution in [1.82, 2.24) is 19.9 Å². The average molecular weight is 532 g/mol. The van der Waals surface area contributed by atoms with Crippen LogP contribution >= 0.6 is 11.6 Å². The number of halogens is 1. The van der Waals surface area contributed by atoms with E-state index in [4.69, 9.17) is 16.3 Å². The number of aliphatic carboxylic acids is 1. The van der Waals surface area contributed by atoms with Crippen molar-refractivity contribution >= 4 is 28.6 Å². The first kappa shape index (κ1) is 26.2. The first-order valence-electron chi connectivity index (χ1n) is 13.2. The quantitative estimate of drug-likeness (QED) is 0.323. The van der Waals surface area contributed by atoms with E-state index in [1.165, 1.54) is 5.56 Å². The van der Waals surface area contributed by atoms with Gasteiger partial charge in [0.15, 0.2) is 0 Å². The molecule has 0 aliphatic carbocycles. The smallest absolute Gasteiger partial charge is 0.132 e. The average Bonchev–Trinajstić information content (AvgIpc) is 3.24. The van der Waals surface area contributed by atoms with E-state index >= 15 is 0 Å². The number of carbonyl (C=O) groups excluding carboxylic acids is 1. The van der Waals surface area contributed by atoms with E-state index < -0.39 is 11.9 Å². The fourth-order valence-electron chi connectivity index (χ4n) is 5.31. The molecule has 4 aromatic rings. The molecule has 2 atom stereocenters. The summed E-state index contributed by atoms with van der Waals surface area (Å²) in [5.41, 5.74) is 6.48. The maximum atomic E-state index is 11.9. The van der Waals surface area contributed by atoms with Crippen LogP contribution < -0.4 is 9.84 Å². The van der Waals surface area contributed by atoms with Crippen LogP contribution in [0.25, 0.3) is 11.0 Å². The molecule has 38 heavy (non-hydrogen) atoms. The molecule has 0 saturated carbocycles. The van der Waals surface area contributed by atoms with Gasteiger partial charge in [-0.3, -0.25) is 4.90 Å². The van der Waals surface area contributed by atoms with E-state index in [-0.39, 0.29) is 12.5 Å². The number of hydrogen-bond acceptors (Lipinski definition) is 6. The Morgan fingerprint density at radius 2 is 2.00 bits per heavy atom. The Hall–Kier alpha value is -3.42. The van der Waals surface area contributed by atoms with Gasteiger partial charge in [0.25, 0.3) is 0 Å². The van der Waals surface area contributed by atoms with E-state index in [2.05, 4.69) is 47.3 Å². The molecular formula is C30H32ClN4O3-. The van der Waals surface area contributed by atoms with E-state index in [1.54, 1.807) is 4.68 Å². The fourth-order valence-corrected chi connectivity index (χ4v) is 5.64. The molecule has 8 heteroatoms. The Kier molecular flexibility index (Phi) is 7.68. The van der Waals surface area contributed by atoms with Crippen LogP contribution in [0.4, 0.5) is 0 Å². The van der Waals surface area contributed by atoms with Crippen molar-refractivity contribution < 1.29 is 14.6 Å². The van der Waals surface area contributed by atoms with Gasteiger partial charge >= 0.3 is 0 Å². The molecule has 0 bridgehead atoms. The standard InChI is InChI=1S/C30H33ClN4O3/c1-4-23-18-34(16-21-8-6-7-9-27(21)38-23)17-22-14-20(11-10-19(22)3)25(15-28(36)37)24-12-13-26-30(29(24)31)32-33-35(26)5-2/h6-14,23,25H,4-5,15-18H2,1-3H3,(H,36,37)/p-1/t23-,25+/m1/s1. The highest BCUT2D eigenvalue weighted by molar-refractivity contribution is 6.35. The first-order valence-corrected chi connectivity index (χ1v) is 13.5. The Labute approximate surface area is 228 Å². The van der Waals surface area contributed by atoms with E-state index in [0.717, 1.165) is 54.0 Å². The summed E-state index contributed by atoms with van der Waals surface area (Å²) in [6.45, 7) is 9.22. The molecule has 0 unspecified atom stereocenters. The second-order valence-electron chi connectivity index (χ2n) is 9.98. The summed E-state index contributed by atoms with van der Waals surface area (Å²) in [4.78, 5) is 14.3. The second-order valence-corrected chi connectivity index (χ2v) is 10.4. The van der Waals surface area contributed by atoms with Crippen LogP contribution in [-0.2, 0) is 24.4 Å². The van der Waals surface area contributed by atoms with Crippen molar-refractivity contribution in [2.24, 2.45) is 0 Å². The van der Waals surface area contributed by atoms with Crippen molar-refractivity contribution in [3.63, 3.8) is 0 Å². The van der Waals surface area contributed by atoms with Gasteiger partial charge < -0.3 is 14.6 Å². The number of nitrogens with zero attached hydrogens (tertiary/aromatic N) is 4. The van der Waals surface area contributed by atoms with Gasteiger partial charge in [-0.25, -0.2) is 4.68 Å². The van der Waals surface area contributed by atoms with Crippen LogP contribution in [0.1, 0.15) is 60.4 Å². The zero-order chi connectivity index (χ0) is 26.8. The van der Waals surface area contributed by atoms with E-state index in [0.29, 0.717) is 22.6 Å². The molecule has 3 aromatic carbocycles. The number of fused-ring (bicyclic) bond motifs is 2. The number of carbonyl (C=O) groups is 1. The summed E-state index contributed by atoms with van der Waals surface area (Å²) >= 11 is 6.81. The van der Waals surface area contributed by atoms with Crippen molar-refractivity contribution in [1.29, 1.82) is 0 Å². The molecular weight excluding hydrogens is 500 g/mol. The number of rotatable bonds is 8. The number of carboxylic acids is 1. The minimum absolute atomic E-state index is 0.107. The first-order chi connectivity index (χ1) is 18.4. The zero-order valence-corrected chi connectivity index (χ0v) is 22.7. The highest BCUT2D eigenvalue weighted by atomic mass is 35.5. The van der Waals surface area contributed by atoms with Crippen LogP contribution in [0.5, 0.6) is 5.75 Å². The molecule has 0 spiro atoms.